The molecule has 1 fully saturated rings. The van der Waals surface area contributed by atoms with Crippen LogP contribution < -0.4 is 5.56 Å². The quantitative estimate of drug-likeness (QED) is 0.300. The molecule has 0 aliphatic carbocycles. The van der Waals surface area contributed by atoms with Crippen LogP contribution in [0.3, 0.4) is 0 Å². The van der Waals surface area contributed by atoms with Crippen LogP contribution in [-0.4, -0.2) is 52.9 Å². The van der Waals surface area contributed by atoms with Crippen molar-refractivity contribution < 1.29 is 9.53 Å². The molecule has 1 saturated heterocycles. The van der Waals surface area contributed by atoms with Crippen LogP contribution in [0.4, 0.5) is 0 Å². The fraction of sp³-hybridized carbons (Fsp3) is 0.522. The van der Waals surface area contributed by atoms with Crippen molar-refractivity contribution in [3.8, 4) is 0 Å². The lowest BCUT2D eigenvalue weighted by Crippen LogP contribution is -2.43. The third-order valence-corrected chi connectivity index (χ3v) is 7.83. The van der Waals surface area contributed by atoms with Gasteiger partial charge in [0.05, 0.1) is 11.3 Å². The third kappa shape index (κ3) is 4.81. The highest BCUT2D eigenvalue weighted by molar-refractivity contribution is 7.99. The van der Waals surface area contributed by atoms with Crippen molar-refractivity contribution in [3.05, 3.63) is 34.6 Å². The van der Waals surface area contributed by atoms with Crippen LogP contribution in [0.1, 0.15) is 26.7 Å². The molecule has 1 aliphatic heterocycles. The van der Waals surface area contributed by atoms with E-state index in [-0.39, 0.29) is 11.5 Å². The van der Waals surface area contributed by atoms with Gasteiger partial charge in [-0.15, -0.1) is 11.3 Å². The van der Waals surface area contributed by atoms with Crippen molar-refractivity contribution >= 4 is 49.3 Å². The van der Waals surface area contributed by atoms with E-state index in [2.05, 4.69) is 13.8 Å². The molecule has 1 aromatic carbocycles. The minimum absolute atomic E-state index is 0.0301. The number of aromatic nitrogens is 2. The van der Waals surface area contributed by atoms with E-state index in [1.807, 2.05) is 29.2 Å². The van der Waals surface area contributed by atoms with Crippen LogP contribution in [0.15, 0.2) is 34.2 Å². The largest absolute Gasteiger partial charge is 0.385 e. The summed E-state index contributed by atoms with van der Waals surface area (Å²) < 4.78 is 8.62. The van der Waals surface area contributed by atoms with Gasteiger partial charge in [0, 0.05) is 43.4 Å². The van der Waals surface area contributed by atoms with E-state index in [0.29, 0.717) is 40.6 Å². The van der Waals surface area contributed by atoms with Gasteiger partial charge in [-0.2, -0.15) is 0 Å². The second kappa shape index (κ2) is 9.71. The standard InChI is InChI=1S/C23H29N3O3S2/c1-15-11-16(2)13-25(12-15)19(27)14-30-23-24-20-17-7-4-5-8-18(17)31-21(20)22(28)26(23)9-6-10-29-3/h4-5,7-8,15-16H,6,9-14H2,1-3H3/t15-,16-/m1/s1. The van der Waals surface area contributed by atoms with E-state index in [4.69, 9.17) is 9.72 Å². The van der Waals surface area contributed by atoms with E-state index in [9.17, 15) is 9.59 Å². The molecule has 1 amide bonds. The van der Waals surface area contributed by atoms with Gasteiger partial charge in [0.2, 0.25) is 5.91 Å². The first-order valence-corrected chi connectivity index (χ1v) is 12.6. The van der Waals surface area contributed by atoms with E-state index in [1.54, 1.807) is 11.7 Å². The molecule has 0 bridgehead atoms. The zero-order chi connectivity index (χ0) is 22.0. The van der Waals surface area contributed by atoms with Gasteiger partial charge in [0.1, 0.15) is 4.70 Å². The second-order valence-electron chi connectivity index (χ2n) is 8.51. The van der Waals surface area contributed by atoms with Gasteiger partial charge in [-0.1, -0.05) is 43.8 Å². The smallest absolute Gasteiger partial charge is 0.272 e. The molecular weight excluding hydrogens is 430 g/mol. The number of nitrogens with zero attached hydrogens (tertiary/aromatic N) is 3. The molecule has 0 unspecified atom stereocenters. The van der Waals surface area contributed by atoms with Crippen molar-refractivity contribution in [1.29, 1.82) is 0 Å². The number of methoxy groups -OCH3 is 1. The van der Waals surface area contributed by atoms with Gasteiger partial charge in [-0.25, -0.2) is 4.98 Å². The summed E-state index contributed by atoms with van der Waals surface area (Å²) >= 11 is 2.86. The summed E-state index contributed by atoms with van der Waals surface area (Å²) in [7, 11) is 1.66. The van der Waals surface area contributed by atoms with Crippen molar-refractivity contribution in [2.45, 2.75) is 38.4 Å². The number of piperidine rings is 1. The Kier molecular flexibility index (Phi) is 6.99. The average molecular weight is 460 g/mol. The number of hydrogen-bond donors (Lipinski definition) is 0. The molecule has 1 aliphatic rings. The first-order valence-electron chi connectivity index (χ1n) is 10.8. The molecule has 3 heterocycles. The zero-order valence-electron chi connectivity index (χ0n) is 18.3. The summed E-state index contributed by atoms with van der Waals surface area (Å²) in [6.45, 7) is 7.13. The molecule has 4 rings (SSSR count). The third-order valence-electron chi connectivity index (χ3n) is 5.72. The molecule has 2 aromatic heterocycles. The summed E-state index contributed by atoms with van der Waals surface area (Å²) in [4.78, 5) is 33.1. The Balaban J connectivity index is 1.64. The monoisotopic (exact) mass is 459 g/mol. The van der Waals surface area contributed by atoms with Crippen molar-refractivity contribution in [2.75, 3.05) is 32.6 Å². The van der Waals surface area contributed by atoms with Gasteiger partial charge in [0.15, 0.2) is 5.16 Å². The Hall–Kier alpha value is -1.90. The van der Waals surface area contributed by atoms with Crippen LogP contribution in [0.2, 0.25) is 0 Å². The van der Waals surface area contributed by atoms with Crippen molar-refractivity contribution in [3.63, 3.8) is 0 Å². The number of fused-ring (bicyclic) bond motifs is 3. The van der Waals surface area contributed by atoms with E-state index in [0.717, 1.165) is 35.1 Å². The Morgan fingerprint density at radius 3 is 2.74 bits per heavy atom. The van der Waals surface area contributed by atoms with Crippen LogP contribution in [0, 0.1) is 11.8 Å². The number of thiophene rings is 1. The number of likely N-dealkylation sites (tertiary alicyclic amines) is 1. The highest BCUT2D eigenvalue weighted by atomic mass is 32.2. The minimum Gasteiger partial charge on any atom is -0.385 e. The van der Waals surface area contributed by atoms with Crippen molar-refractivity contribution in [1.82, 2.24) is 14.5 Å². The Bertz CT molecular complexity index is 1130. The zero-order valence-corrected chi connectivity index (χ0v) is 19.9. The Morgan fingerprint density at radius 2 is 2.00 bits per heavy atom. The van der Waals surface area contributed by atoms with Crippen LogP contribution >= 0.6 is 23.1 Å². The molecule has 6 nitrogen and oxygen atoms in total. The predicted molar refractivity (Wildman–Crippen MR) is 128 cm³/mol. The van der Waals surface area contributed by atoms with Crippen molar-refractivity contribution in [2.24, 2.45) is 11.8 Å². The molecule has 31 heavy (non-hydrogen) atoms. The lowest BCUT2D eigenvalue weighted by Gasteiger charge is -2.35. The maximum Gasteiger partial charge on any atom is 0.272 e. The highest BCUT2D eigenvalue weighted by Gasteiger charge is 2.26. The van der Waals surface area contributed by atoms with Gasteiger partial charge in [-0.05, 0) is 30.7 Å². The molecule has 8 heteroatoms. The van der Waals surface area contributed by atoms with Crippen LogP contribution in [-0.2, 0) is 16.1 Å². The maximum atomic E-state index is 13.3. The number of amides is 1. The molecule has 166 valence electrons. The predicted octanol–water partition coefficient (Wildman–Crippen LogP) is 4.24. The second-order valence-corrected chi connectivity index (χ2v) is 10.5. The lowest BCUT2D eigenvalue weighted by atomic mass is 9.92. The van der Waals surface area contributed by atoms with Crippen LogP contribution in [0.25, 0.3) is 20.3 Å². The first kappa shape index (κ1) is 22.3. The Morgan fingerprint density at radius 1 is 1.26 bits per heavy atom. The maximum absolute atomic E-state index is 13.3. The minimum atomic E-state index is -0.0301. The van der Waals surface area contributed by atoms with Gasteiger partial charge >= 0.3 is 0 Å². The topological polar surface area (TPSA) is 64.4 Å². The highest BCUT2D eigenvalue weighted by Crippen LogP contribution is 2.32. The molecular formula is C23H29N3O3S2. The molecule has 0 spiro atoms. The molecule has 3 aromatic rings. The fourth-order valence-corrected chi connectivity index (χ4v) is 6.42. The van der Waals surface area contributed by atoms with E-state index >= 15 is 0 Å². The molecule has 0 N–H and O–H groups in total. The molecule has 2 atom stereocenters. The van der Waals surface area contributed by atoms with Gasteiger partial charge in [-0.3, -0.25) is 14.2 Å². The number of carbonyl (C=O) groups excluding carboxylic acids is 1. The average Bonchev–Trinajstić information content (AvgIpc) is 3.12. The van der Waals surface area contributed by atoms with Gasteiger partial charge in [0.25, 0.3) is 5.56 Å². The number of benzene rings is 1. The molecule has 0 radical (unpaired) electrons. The summed E-state index contributed by atoms with van der Waals surface area (Å²) in [6, 6.07) is 7.97. The summed E-state index contributed by atoms with van der Waals surface area (Å²) in [6.07, 6.45) is 1.89. The van der Waals surface area contributed by atoms with Crippen LogP contribution in [0.5, 0.6) is 0 Å². The number of ether oxygens (including phenoxy) is 1. The number of rotatable bonds is 7. The number of hydrogen-bond acceptors (Lipinski definition) is 6. The number of thioether (sulfide) groups is 1. The Labute approximate surface area is 190 Å². The van der Waals surface area contributed by atoms with Gasteiger partial charge < -0.3 is 9.64 Å². The lowest BCUT2D eigenvalue weighted by molar-refractivity contribution is -0.130. The number of carbonyl (C=O) groups is 1. The summed E-state index contributed by atoms with van der Waals surface area (Å²) in [5.74, 6) is 1.47. The SMILES string of the molecule is COCCCn1c(SCC(=O)N2C[C@H](C)C[C@@H](C)C2)nc2c(sc3ccccc32)c1=O. The normalized spacial score (nSPS) is 19.4. The summed E-state index contributed by atoms with van der Waals surface area (Å²) in [5.41, 5.74) is 0.709. The molecule has 0 saturated carbocycles. The fourth-order valence-electron chi connectivity index (χ4n) is 4.41. The first-order chi connectivity index (χ1) is 15.0. The summed E-state index contributed by atoms with van der Waals surface area (Å²) in [5, 5.41) is 1.61. The van der Waals surface area contributed by atoms with E-state index in [1.165, 1.54) is 29.5 Å². The van der Waals surface area contributed by atoms with E-state index < -0.39 is 0 Å².